The lowest BCUT2D eigenvalue weighted by Crippen LogP contribution is -2.29. The quantitative estimate of drug-likeness (QED) is 0.386. The van der Waals surface area contributed by atoms with Crippen LogP contribution in [0.15, 0.2) is 18.2 Å². The van der Waals surface area contributed by atoms with Crippen LogP contribution in [0.5, 0.6) is 5.75 Å². The number of nitrogens with zero attached hydrogens (tertiary/aromatic N) is 1. The molecule has 0 fully saturated rings. The summed E-state index contributed by atoms with van der Waals surface area (Å²) in [4.78, 5) is 33.7. The molecule has 0 aliphatic heterocycles. The normalized spacial score (nSPS) is 11.3. The smallest absolute Gasteiger partial charge is 0.347 e. The minimum Gasteiger partial charge on any atom is -0.479 e. The largest absolute Gasteiger partial charge is 0.479 e. The molecule has 9 nitrogen and oxygen atoms in total. The van der Waals surface area contributed by atoms with Gasteiger partial charge in [0, 0.05) is 12.1 Å². The fraction of sp³-hybridized carbons (Fsp3) is 0.500. The SMILES string of the molecule is CCCC(Oc1ccc([N+](=O)[O-])c(NCC(=O)OC)c1)C(=O)OCC. The molecule has 9 heteroatoms. The Labute approximate surface area is 145 Å². The second-order valence-corrected chi connectivity index (χ2v) is 5.01. The number of hydrogen-bond acceptors (Lipinski definition) is 8. The highest BCUT2D eigenvalue weighted by molar-refractivity contribution is 5.77. The molecule has 0 saturated heterocycles. The Balaban J connectivity index is 3.00. The summed E-state index contributed by atoms with van der Waals surface area (Å²) in [7, 11) is 1.21. The van der Waals surface area contributed by atoms with Gasteiger partial charge >= 0.3 is 11.9 Å². The number of anilines is 1. The zero-order valence-electron chi connectivity index (χ0n) is 14.4. The second-order valence-electron chi connectivity index (χ2n) is 5.01. The van der Waals surface area contributed by atoms with Crippen molar-refractivity contribution in [1.82, 2.24) is 0 Å². The van der Waals surface area contributed by atoms with Gasteiger partial charge in [-0.15, -0.1) is 0 Å². The number of ether oxygens (including phenoxy) is 3. The van der Waals surface area contributed by atoms with Crippen molar-refractivity contribution in [2.75, 3.05) is 25.6 Å². The van der Waals surface area contributed by atoms with Gasteiger partial charge in [0.25, 0.3) is 5.69 Å². The minimum absolute atomic E-state index is 0.0898. The van der Waals surface area contributed by atoms with Gasteiger partial charge < -0.3 is 19.5 Å². The summed E-state index contributed by atoms with van der Waals surface area (Å²) >= 11 is 0. The highest BCUT2D eigenvalue weighted by Gasteiger charge is 2.22. The van der Waals surface area contributed by atoms with E-state index in [0.29, 0.717) is 12.8 Å². The van der Waals surface area contributed by atoms with Crippen molar-refractivity contribution in [3.8, 4) is 5.75 Å². The monoisotopic (exact) mass is 354 g/mol. The summed E-state index contributed by atoms with van der Waals surface area (Å²) in [5.41, 5.74) is -0.133. The molecule has 0 aromatic heterocycles. The van der Waals surface area contributed by atoms with Crippen molar-refractivity contribution in [1.29, 1.82) is 0 Å². The molecule has 1 rings (SSSR count). The molecule has 1 aromatic rings. The Morgan fingerprint density at radius 2 is 2.04 bits per heavy atom. The lowest BCUT2D eigenvalue weighted by Gasteiger charge is -2.17. The summed E-state index contributed by atoms with van der Waals surface area (Å²) in [6.45, 7) is 3.59. The molecular formula is C16H22N2O7. The molecule has 0 bridgehead atoms. The van der Waals surface area contributed by atoms with Gasteiger partial charge in [0.05, 0.1) is 18.6 Å². The molecule has 138 valence electrons. The Bertz CT molecular complexity index is 619. The number of methoxy groups -OCH3 is 1. The van der Waals surface area contributed by atoms with E-state index in [9.17, 15) is 19.7 Å². The molecule has 1 N–H and O–H groups in total. The fourth-order valence-electron chi connectivity index (χ4n) is 2.02. The molecule has 0 heterocycles. The topological polar surface area (TPSA) is 117 Å². The number of carbonyl (C=O) groups excluding carboxylic acids is 2. The lowest BCUT2D eigenvalue weighted by atomic mass is 10.2. The molecule has 0 spiro atoms. The maximum Gasteiger partial charge on any atom is 0.347 e. The van der Waals surface area contributed by atoms with E-state index in [1.54, 1.807) is 6.92 Å². The molecule has 0 saturated carbocycles. The van der Waals surface area contributed by atoms with Crippen LogP contribution in [0.2, 0.25) is 0 Å². The number of hydrogen-bond donors (Lipinski definition) is 1. The third-order valence-corrected chi connectivity index (χ3v) is 3.19. The predicted molar refractivity (Wildman–Crippen MR) is 89.6 cm³/mol. The summed E-state index contributed by atoms with van der Waals surface area (Å²) in [5, 5.41) is 13.7. The van der Waals surface area contributed by atoms with E-state index in [1.807, 2.05) is 6.92 Å². The van der Waals surface area contributed by atoms with E-state index < -0.39 is 23.0 Å². The fourth-order valence-corrected chi connectivity index (χ4v) is 2.02. The van der Waals surface area contributed by atoms with Crippen LogP contribution >= 0.6 is 0 Å². The van der Waals surface area contributed by atoms with Crippen LogP contribution in [0.1, 0.15) is 26.7 Å². The number of nitro groups is 1. The van der Waals surface area contributed by atoms with Crippen LogP contribution in [0, 0.1) is 10.1 Å². The number of nitro benzene ring substituents is 1. The van der Waals surface area contributed by atoms with Gasteiger partial charge in [-0.3, -0.25) is 14.9 Å². The Hall–Kier alpha value is -2.84. The second kappa shape index (κ2) is 10.1. The third kappa shape index (κ3) is 6.28. The van der Waals surface area contributed by atoms with Crippen LogP contribution in [-0.4, -0.2) is 43.2 Å². The zero-order valence-corrected chi connectivity index (χ0v) is 14.4. The van der Waals surface area contributed by atoms with Crippen LogP contribution in [0.4, 0.5) is 11.4 Å². The van der Waals surface area contributed by atoms with Crippen molar-refractivity contribution < 1.29 is 28.7 Å². The average molecular weight is 354 g/mol. The van der Waals surface area contributed by atoms with Gasteiger partial charge in [0.2, 0.25) is 0 Å². The highest BCUT2D eigenvalue weighted by Crippen LogP contribution is 2.29. The van der Waals surface area contributed by atoms with Crippen LogP contribution < -0.4 is 10.1 Å². The Morgan fingerprint density at radius 3 is 2.60 bits per heavy atom. The van der Waals surface area contributed by atoms with Crippen molar-refractivity contribution in [3.05, 3.63) is 28.3 Å². The van der Waals surface area contributed by atoms with Gasteiger partial charge in [-0.1, -0.05) is 13.3 Å². The van der Waals surface area contributed by atoms with Gasteiger partial charge in [0.15, 0.2) is 6.10 Å². The first-order valence-corrected chi connectivity index (χ1v) is 7.85. The van der Waals surface area contributed by atoms with Crippen LogP contribution in [-0.2, 0) is 19.1 Å². The van der Waals surface area contributed by atoms with Crippen molar-refractivity contribution in [2.45, 2.75) is 32.8 Å². The third-order valence-electron chi connectivity index (χ3n) is 3.19. The Morgan fingerprint density at radius 1 is 1.32 bits per heavy atom. The summed E-state index contributed by atoms with van der Waals surface area (Å²) < 4.78 is 15.1. The summed E-state index contributed by atoms with van der Waals surface area (Å²) in [6.07, 6.45) is 0.338. The molecule has 1 atom stereocenters. The molecular weight excluding hydrogens is 332 g/mol. The van der Waals surface area contributed by atoms with Gasteiger partial charge in [-0.25, -0.2) is 4.79 Å². The number of carbonyl (C=O) groups is 2. The van der Waals surface area contributed by atoms with Crippen LogP contribution in [0.25, 0.3) is 0 Å². The molecule has 0 aliphatic rings. The maximum atomic E-state index is 11.9. The van der Waals surface area contributed by atoms with E-state index in [1.165, 1.54) is 25.3 Å². The molecule has 1 aromatic carbocycles. The highest BCUT2D eigenvalue weighted by atomic mass is 16.6. The number of esters is 2. The van der Waals surface area contributed by atoms with Crippen molar-refractivity contribution in [2.24, 2.45) is 0 Å². The lowest BCUT2D eigenvalue weighted by molar-refractivity contribution is -0.384. The molecule has 1 unspecified atom stereocenters. The van der Waals surface area contributed by atoms with Gasteiger partial charge in [0.1, 0.15) is 18.0 Å². The molecule has 0 radical (unpaired) electrons. The number of benzene rings is 1. The first-order chi connectivity index (χ1) is 11.9. The predicted octanol–water partition coefficient (Wildman–Crippen LogP) is 2.29. The minimum atomic E-state index is -0.806. The van der Waals surface area contributed by atoms with Crippen LogP contribution in [0.3, 0.4) is 0 Å². The van der Waals surface area contributed by atoms with Crippen molar-refractivity contribution >= 4 is 23.3 Å². The zero-order chi connectivity index (χ0) is 18.8. The van der Waals surface area contributed by atoms with E-state index >= 15 is 0 Å². The van der Waals surface area contributed by atoms with E-state index in [4.69, 9.17) is 9.47 Å². The molecule has 0 amide bonds. The van der Waals surface area contributed by atoms with E-state index in [2.05, 4.69) is 10.1 Å². The van der Waals surface area contributed by atoms with Gasteiger partial charge in [-0.05, 0) is 19.4 Å². The van der Waals surface area contributed by atoms with E-state index in [-0.39, 0.29) is 30.3 Å². The summed E-state index contributed by atoms with van der Waals surface area (Å²) in [6, 6.07) is 4.00. The molecule has 0 aliphatic carbocycles. The van der Waals surface area contributed by atoms with Gasteiger partial charge in [-0.2, -0.15) is 0 Å². The standard InChI is InChI=1S/C16H22N2O7/c1-4-6-14(16(20)24-5-2)25-11-7-8-13(18(21)22)12(9-11)17-10-15(19)23-3/h7-9,14,17H,4-6,10H2,1-3H3. The Kier molecular flexibility index (Phi) is 8.17. The summed E-state index contributed by atoms with van der Waals surface area (Å²) in [5.74, 6) is -0.813. The number of rotatable bonds is 10. The first kappa shape index (κ1) is 20.2. The number of nitrogens with one attached hydrogen (secondary N) is 1. The molecule has 25 heavy (non-hydrogen) atoms. The first-order valence-electron chi connectivity index (χ1n) is 7.85. The van der Waals surface area contributed by atoms with Crippen molar-refractivity contribution in [3.63, 3.8) is 0 Å². The maximum absolute atomic E-state index is 11.9. The van der Waals surface area contributed by atoms with E-state index in [0.717, 1.165) is 0 Å². The average Bonchev–Trinajstić information content (AvgIpc) is 2.59.